The van der Waals surface area contributed by atoms with Crippen molar-refractivity contribution in [3.63, 3.8) is 0 Å². The summed E-state index contributed by atoms with van der Waals surface area (Å²) < 4.78 is 43.3. The molecule has 1 aromatic carbocycles. The molecule has 2 heterocycles. The maximum absolute atomic E-state index is 13.1. The highest BCUT2D eigenvalue weighted by molar-refractivity contribution is 6.02. The third kappa shape index (κ3) is 3.20. The Kier molecular flexibility index (Phi) is 3.79. The summed E-state index contributed by atoms with van der Waals surface area (Å²) in [6.07, 6.45) is 3.01. The van der Waals surface area contributed by atoms with Gasteiger partial charge in [-0.3, -0.25) is 4.79 Å². The van der Waals surface area contributed by atoms with E-state index in [-0.39, 0.29) is 17.3 Å². The minimum atomic E-state index is -3.16. The Labute approximate surface area is 126 Å². The van der Waals surface area contributed by atoms with E-state index in [1.165, 1.54) is 16.9 Å². The molecule has 118 valence electrons. The Morgan fingerprint density at radius 3 is 2.91 bits per heavy atom. The smallest absolute Gasteiger partial charge is 0.387 e. The minimum Gasteiger partial charge on any atom is -0.432 e. The highest BCUT2D eigenvalue weighted by Gasteiger charge is 2.17. The van der Waals surface area contributed by atoms with E-state index in [1.54, 1.807) is 6.07 Å². The number of hydrogen-bond acceptors (Lipinski definition) is 5. The Morgan fingerprint density at radius 1 is 1.35 bits per heavy atom. The SMILES string of the molecule is O=C(Nc1ccc(F)cc1OC(F)F)c1nc2ncccn2n1. The Hall–Kier alpha value is -3.17. The molecule has 3 aromatic rings. The maximum atomic E-state index is 13.1. The molecule has 0 saturated heterocycles. The fraction of sp³-hybridized carbons (Fsp3) is 0.0769. The molecular weight excluding hydrogens is 315 g/mol. The number of ether oxygens (including phenoxy) is 1. The highest BCUT2D eigenvalue weighted by Crippen LogP contribution is 2.27. The van der Waals surface area contributed by atoms with Crippen LogP contribution in [0.4, 0.5) is 18.9 Å². The van der Waals surface area contributed by atoms with Crippen molar-refractivity contribution in [1.82, 2.24) is 19.6 Å². The van der Waals surface area contributed by atoms with E-state index in [2.05, 4.69) is 25.1 Å². The lowest BCUT2D eigenvalue weighted by Gasteiger charge is -2.10. The summed E-state index contributed by atoms with van der Waals surface area (Å²) in [5, 5.41) is 6.18. The fourth-order valence-corrected chi connectivity index (χ4v) is 1.80. The molecule has 10 heteroatoms. The number of nitrogens with zero attached hydrogens (tertiary/aromatic N) is 4. The first-order valence-electron chi connectivity index (χ1n) is 6.26. The molecule has 1 N–H and O–H groups in total. The van der Waals surface area contributed by atoms with Crippen molar-refractivity contribution < 1.29 is 22.7 Å². The molecule has 0 aliphatic rings. The van der Waals surface area contributed by atoms with Gasteiger partial charge in [-0.25, -0.2) is 13.9 Å². The molecule has 2 aromatic heterocycles. The van der Waals surface area contributed by atoms with Crippen LogP contribution in [0, 0.1) is 5.82 Å². The summed E-state index contributed by atoms with van der Waals surface area (Å²) in [5.74, 6) is -2.10. The van der Waals surface area contributed by atoms with Gasteiger partial charge >= 0.3 is 6.61 Å². The van der Waals surface area contributed by atoms with Gasteiger partial charge in [-0.15, -0.1) is 5.10 Å². The Bertz CT molecular complexity index is 835. The first kappa shape index (κ1) is 14.8. The summed E-state index contributed by atoms with van der Waals surface area (Å²) in [6.45, 7) is -3.16. The van der Waals surface area contributed by atoms with Gasteiger partial charge in [0.1, 0.15) is 5.82 Å². The van der Waals surface area contributed by atoms with Crippen LogP contribution >= 0.6 is 0 Å². The fourth-order valence-electron chi connectivity index (χ4n) is 1.80. The van der Waals surface area contributed by atoms with Crippen molar-refractivity contribution in [2.45, 2.75) is 6.61 Å². The number of amides is 1. The van der Waals surface area contributed by atoms with Crippen LogP contribution in [0.25, 0.3) is 5.78 Å². The van der Waals surface area contributed by atoms with Crippen molar-refractivity contribution in [3.8, 4) is 5.75 Å². The molecule has 7 nitrogen and oxygen atoms in total. The molecule has 0 spiro atoms. The van der Waals surface area contributed by atoms with E-state index in [4.69, 9.17) is 0 Å². The molecule has 0 unspecified atom stereocenters. The number of benzene rings is 1. The molecule has 0 fully saturated rings. The van der Waals surface area contributed by atoms with Crippen LogP contribution in [-0.2, 0) is 0 Å². The van der Waals surface area contributed by atoms with Gasteiger partial charge in [-0.1, -0.05) is 0 Å². The number of rotatable bonds is 4. The Morgan fingerprint density at radius 2 is 2.17 bits per heavy atom. The van der Waals surface area contributed by atoms with Crippen molar-refractivity contribution in [1.29, 1.82) is 0 Å². The average Bonchev–Trinajstić information content (AvgIpc) is 2.93. The monoisotopic (exact) mass is 323 g/mol. The number of carbonyl (C=O) groups is 1. The van der Waals surface area contributed by atoms with Crippen LogP contribution in [0.3, 0.4) is 0 Å². The lowest BCUT2D eigenvalue weighted by Crippen LogP contribution is -2.15. The second-order valence-corrected chi connectivity index (χ2v) is 4.27. The van der Waals surface area contributed by atoms with Gasteiger partial charge in [0.25, 0.3) is 11.7 Å². The molecule has 23 heavy (non-hydrogen) atoms. The van der Waals surface area contributed by atoms with Gasteiger partial charge < -0.3 is 10.1 Å². The maximum Gasteiger partial charge on any atom is 0.387 e. The van der Waals surface area contributed by atoms with Crippen LogP contribution in [0.5, 0.6) is 5.75 Å². The van der Waals surface area contributed by atoms with Crippen molar-refractivity contribution in [2.24, 2.45) is 0 Å². The molecule has 0 radical (unpaired) electrons. The van der Waals surface area contributed by atoms with E-state index in [0.717, 1.165) is 18.2 Å². The van der Waals surface area contributed by atoms with Gasteiger partial charge in [0.15, 0.2) is 5.75 Å². The topological polar surface area (TPSA) is 81.4 Å². The van der Waals surface area contributed by atoms with Crippen LogP contribution in [0.1, 0.15) is 10.6 Å². The third-order valence-corrected chi connectivity index (χ3v) is 2.73. The molecule has 1 amide bonds. The lowest BCUT2D eigenvalue weighted by molar-refractivity contribution is -0.0495. The molecule has 0 aliphatic heterocycles. The van der Waals surface area contributed by atoms with E-state index < -0.39 is 24.1 Å². The van der Waals surface area contributed by atoms with E-state index >= 15 is 0 Å². The van der Waals surface area contributed by atoms with Crippen LogP contribution in [-0.4, -0.2) is 32.1 Å². The van der Waals surface area contributed by atoms with Crippen LogP contribution in [0.15, 0.2) is 36.7 Å². The van der Waals surface area contributed by atoms with Gasteiger partial charge in [-0.2, -0.15) is 13.8 Å². The third-order valence-electron chi connectivity index (χ3n) is 2.73. The first-order chi connectivity index (χ1) is 11.0. The van der Waals surface area contributed by atoms with E-state index in [9.17, 15) is 18.0 Å². The second kappa shape index (κ2) is 5.91. The number of aromatic nitrogens is 4. The number of fused-ring (bicyclic) bond motifs is 1. The zero-order valence-corrected chi connectivity index (χ0v) is 11.3. The summed E-state index contributed by atoms with van der Waals surface area (Å²) in [6, 6.07) is 4.42. The number of hydrogen-bond donors (Lipinski definition) is 1. The van der Waals surface area contributed by atoms with Crippen molar-refractivity contribution >= 4 is 17.4 Å². The normalized spacial score (nSPS) is 11.0. The molecule has 0 saturated carbocycles. The number of anilines is 1. The van der Waals surface area contributed by atoms with Crippen molar-refractivity contribution in [2.75, 3.05) is 5.32 Å². The molecule has 0 bridgehead atoms. The predicted octanol–water partition coefficient (Wildman–Crippen LogP) is 2.12. The standard InChI is InChI=1S/C13H8F3N5O2/c14-7-2-3-8(9(6-7)23-12(15)16)18-11(22)10-19-13-17-4-1-5-21(13)20-10/h1-6,12H,(H,18,22). The molecule has 0 aliphatic carbocycles. The summed E-state index contributed by atoms with van der Waals surface area (Å²) in [7, 11) is 0. The molecular formula is C13H8F3N5O2. The second-order valence-electron chi connectivity index (χ2n) is 4.27. The van der Waals surface area contributed by atoms with Crippen LogP contribution < -0.4 is 10.1 Å². The lowest BCUT2D eigenvalue weighted by atomic mass is 10.2. The van der Waals surface area contributed by atoms with Gasteiger partial charge in [0, 0.05) is 18.5 Å². The number of halogens is 3. The average molecular weight is 323 g/mol. The number of carbonyl (C=O) groups excluding carboxylic acids is 1. The van der Waals surface area contributed by atoms with Crippen LogP contribution in [0.2, 0.25) is 0 Å². The quantitative estimate of drug-likeness (QED) is 0.795. The largest absolute Gasteiger partial charge is 0.432 e. The van der Waals surface area contributed by atoms with Gasteiger partial charge in [0.05, 0.1) is 5.69 Å². The summed E-state index contributed by atoms with van der Waals surface area (Å²) >= 11 is 0. The first-order valence-corrected chi connectivity index (χ1v) is 6.26. The number of alkyl halides is 2. The minimum absolute atomic E-state index is 0.136. The predicted molar refractivity (Wildman–Crippen MR) is 71.8 cm³/mol. The van der Waals surface area contributed by atoms with E-state index in [0.29, 0.717) is 0 Å². The number of nitrogens with one attached hydrogen (secondary N) is 1. The zero-order valence-electron chi connectivity index (χ0n) is 11.3. The van der Waals surface area contributed by atoms with Gasteiger partial charge in [0.2, 0.25) is 5.82 Å². The summed E-state index contributed by atoms with van der Waals surface area (Å²) in [5.41, 5.74) is -0.136. The zero-order chi connectivity index (χ0) is 16.4. The molecule has 3 rings (SSSR count). The van der Waals surface area contributed by atoms with E-state index in [1.807, 2.05) is 0 Å². The van der Waals surface area contributed by atoms with Gasteiger partial charge in [-0.05, 0) is 18.2 Å². The highest BCUT2D eigenvalue weighted by atomic mass is 19.3. The van der Waals surface area contributed by atoms with Crippen molar-refractivity contribution in [3.05, 3.63) is 48.3 Å². The molecule has 0 atom stereocenters. The summed E-state index contributed by atoms with van der Waals surface area (Å²) in [4.78, 5) is 19.9. The Balaban J connectivity index is 1.87.